The third kappa shape index (κ3) is 1.44. The maximum absolute atomic E-state index is 13.1. The van der Waals surface area contributed by atoms with Crippen LogP contribution in [0, 0.1) is 5.82 Å². The predicted octanol–water partition coefficient (Wildman–Crippen LogP) is 2.38. The maximum Gasteiger partial charge on any atom is 0.123 e. The zero-order chi connectivity index (χ0) is 10.2. The van der Waals surface area contributed by atoms with Crippen molar-refractivity contribution in [3.05, 3.63) is 35.1 Å². The predicted molar refractivity (Wildman–Crippen MR) is 55.7 cm³/mol. The van der Waals surface area contributed by atoms with Crippen molar-refractivity contribution in [2.45, 2.75) is 31.6 Å². The van der Waals surface area contributed by atoms with E-state index in [2.05, 4.69) is 6.92 Å². The highest BCUT2D eigenvalue weighted by atomic mass is 19.1. The van der Waals surface area contributed by atoms with Crippen molar-refractivity contribution in [1.29, 1.82) is 0 Å². The lowest BCUT2D eigenvalue weighted by Crippen LogP contribution is -2.35. The number of rotatable bonds is 1. The first kappa shape index (κ1) is 9.66. The Bertz CT molecular complexity index is 348. The monoisotopic (exact) mass is 193 g/mol. The normalized spacial score (nSPS) is 25.9. The summed E-state index contributed by atoms with van der Waals surface area (Å²) in [7, 11) is 0. The summed E-state index contributed by atoms with van der Waals surface area (Å²) in [4.78, 5) is 0. The molecule has 14 heavy (non-hydrogen) atoms. The second kappa shape index (κ2) is 3.35. The lowest BCUT2D eigenvalue weighted by atomic mass is 9.71. The molecule has 1 aliphatic rings. The molecule has 0 saturated carbocycles. The standard InChI is InChI=1S/C12H16FN/c1-12(8-14)6-2-3-9-4-5-10(13)7-11(9)12/h4-5,7H,2-3,6,8,14H2,1H3. The molecular formula is C12H16FN. The van der Waals surface area contributed by atoms with Crippen molar-refractivity contribution in [3.63, 3.8) is 0 Å². The molecule has 0 saturated heterocycles. The minimum Gasteiger partial charge on any atom is -0.330 e. The lowest BCUT2D eigenvalue weighted by molar-refractivity contribution is 0.401. The molecule has 0 aliphatic heterocycles. The van der Waals surface area contributed by atoms with Crippen LogP contribution < -0.4 is 5.73 Å². The Kier molecular flexibility index (Phi) is 2.31. The molecule has 1 nitrogen and oxygen atoms in total. The maximum atomic E-state index is 13.1. The van der Waals surface area contributed by atoms with Gasteiger partial charge >= 0.3 is 0 Å². The second-order valence-corrected chi connectivity index (χ2v) is 4.42. The summed E-state index contributed by atoms with van der Waals surface area (Å²) in [6.45, 7) is 2.73. The minimum absolute atomic E-state index is 0.0182. The smallest absolute Gasteiger partial charge is 0.123 e. The summed E-state index contributed by atoms with van der Waals surface area (Å²) >= 11 is 0. The second-order valence-electron chi connectivity index (χ2n) is 4.42. The first-order valence-corrected chi connectivity index (χ1v) is 5.15. The number of halogens is 1. The molecule has 0 fully saturated rings. The molecule has 1 atom stereocenters. The number of nitrogens with two attached hydrogens (primary N) is 1. The quantitative estimate of drug-likeness (QED) is 0.728. The Hall–Kier alpha value is -0.890. The summed E-state index contributed by atoms with van der Waals surface area (Å²) in [5.74, 6) is -0.148. The Balaban J connectivity index is 2.52. The summed E-state index contributed by atoms with van der Waals surface area (Å²) in [5, 5.41) is 0. The van der Waals surface area contributed by atoms with E-state index in [1.807, 2.05) is 6.07 Å². The molecule has 0 spiro atoms. The summed E-state index contributed by atoms with van der Waals surface area (Å²) < 4.78 is 13.1. The molecule has 2 N–H and O–H groups in total. The molecule has 0 amide bonds. The van der Waals surface area contributed by atoms with Crippen LogP contribution in [0.3, 0.4) is 0 Å². The van der Waals surface area contributed by atoms with Gasteiger partial charge in [0, 0.05) is 12.0 Å². The van der Waals surface area contributed by atoms with Crippen molar-refractivity contribution in [2.75, 3.05) is 6.54 Å². The number of hydrogen-bond donors (Lipinski definition) is 1. The van der Waals surface area contributed by atoms with Crippen LogP contribution in [0.5, 0.6) is 0 Å². The fraction of sp³-hybridized carbons (Fsp3) is 0.500. The average Bonchev–Trinajstić information content (AvgIpc) is 2.20. The fourth-order valence-corrected chi connectivity index (χ4v) is 2.34. The largest absolute Gasteiger partial charge is 0.330 e. The van der Waals surface area contributed by atoms with E-state index in [0.29, 0.717) is 6.54 Å². The molecule has 0 radical (unpaired) electrons. The average molecular weight is 193 g/mol. The molecule has 76 valence electrons. The van der Waals surface area contributed by atoms with E-state index >= 15 is 0 Å². The summed E-state index contributed by atoms with van der Waals surface area (Å²) in [6, 6.07) is 5.10. The van der Waals surface area contributed by atoms with Crippen LogP contribution in [0.15, 0.2) is 18.2 Å². The first-order valence-electron chi connectivity index (χ1n) is 5.15. The van der Waals surface area contributed by atoms with Crippen LogP contribution in [0.1, 0.15) is 30.9 Å². The van der Waals surface area contributed by atoms with E-state index in [1.54, 1.807) is 12.1 Å². The van der Waals surface area contributed by atoms with Crippen molar-refractivity contribution in [2.24, 2.45) is 5.73 Å². The van der Waals surface area contributed by atoms with Crippen LogP contribution in [0.2, 0.25) is 0 Å². The summed E-state index contributed by atoms with van der Waals surface area (Å²) in [6.07, 6.45) is 3.29. The van der Waals surface area contributed by atoms with Gasteiger partial charge in [-0.3, -0.25) is 0 Å². The van der Waals surface area contributed by atoms with Crippen LogP contribution in [0.25, 0.3) is 0 Å². The number of benzene rings is 1. The van der Waals surface area contributed by atoms with Crippen LogP contribution in [-0.4, -0.2) is 6.54 Å². The molecule has 1 aromatic carbocycles. The molecular weight excluding hydrogens is 177 g/mol. The number of fused-ring (bicyclic) bond motifs is 1. The van der Waals surface area contributed by atoms with E-state index in [0.717, 1.165) is 24.8 Å². The van der Waals surface area contributed by atoms with Crippen molar-refractivity contribution in [3.8, 4) is 0 Å². The SMILES string of the molecule is CC1(CN)CCCc2ccc(F)cc21. The highest BCUT2D eigenvalue weighted by Crippen LogP contribution is 2.36. The molecule has 0 heterocycles. The van der Waals surface area contributed by atoms with E-state index < -0.39 is 0 Å². The third-order valence-electron chi connectivity index (χ3n) is 3.35. The Morgan fingerprint density at radius 3 is 3.00 bits per heavy atom. The van der Waals surface area contributed by atoms with Gasteiger partial charge in [-0.2, -0.15) is 0 Å². The highest BCUT2D eigenvalue weighted by molar-refractivity contribution is 5.37. The Morgan fingerprint density at radius 2 is 2.29 bits per heavy atom. The summed E-state index contributed by atoms with van der Waals surface area (Å²) in [5.41, 5.74) is 8.15. The van der Waals surface area contributed by atoms with Crippen molar-refractivity contribution in [1.82, 2.24) is 0 Å². The number of aryl methyl sites for hydroxylation is 1. The zero-order valence-electron chi connectivity index (χ0n) is 8.52. The molecule has 1 unspecified atom stereocenters. The van der Waals surface area contributed by atoms with E-state index in [9.17, 15) is 4.39 Å². The van der Waals surface area contributed by atoms with E-state index in [1.165, 1.54) is 5.56 Å². The minimum atomic E-state index is -0.148. The molecule has 1 aromatic rings. The molecule has 2 rings (SSSR count). The molecule has 1 aliphatic carbocycles. The molecule has 0 aromatic heterocycles. The van der Waals surface area contributed by atoms with Gasteiger partial charge < -0.3 is 5.73 Å². The van der Waals surface area contributed by atoms with Gasteiger partial charge in [-0.05, 0) is 42.5 Å². The topological polar surface area (TPSA) is 26.0 Å². The molecule has 0 bridgehead atoms. The van der Waals surface area contributed by atoms with Crippen LogP contribution in [-0.2, 0) is 11.8 Å². The van der Waals surface area contributed by atoms with Gasteiger partial charge in [0.25, 0.3) is 0 Å². The Morgan fingerprint density at radius 1 is 1.50 bits per heavy atom. The third-order valence-corrected chi connectivity index (χ3v) is 3.35. The van der Waals surface area contributed by atoms with Gasteiger partial charge in [-0.1, -0.05) is 13.0 Å². The fourth-order valence-electron chi connectivity index (χ4n) is 2.34. The first-order chi connectivity index (χ1) is 6.65. The van der Waals surface area contributed by atoms with Gasteiger partial charge in [-0.25, -0.2) is 4.39 Å². The van der Waals surface area contributed by atoms with Crippen LogP contribution >= 0.6 is 0 Å². The van der Waals surface area contributed by atoms with Gasteiger partial charge in [0.2, 0.25) is 0 Å². The number of hydrogen-bond acceptors (Lipinski definition) is 1. The Labute approximate surface area is 84.1 Å². The van der Waals surface area contributed by atoms with Crippen molar-refractivity contribution < 1.29 is 4.39 Å². The highest BCUT2D eigenvalue weighted by Gasteiger charge is 2.30. The van der Waals surface area contributed by atoms with E-state index in [4.69, 9.17) is 5.73 Å². The van der Waals surface area contributed by atoms with Gasteiger partial charge in [0.1, 0.15) is 5.82 Å². The van der Waals surface area contributed by atoms with Crippen molar-refractivity contribution >= 4 is 0 Å². The van der Waals surface area contributed by atoms with Crippen LogP contribution in [0.4, 0.5) is 4.39 Å². The van der Waals surface area contributed by atoms with E-state index in [-0.39, 0.29) is 11.2 Å². The van der Waals surface area contributed by atoms with Gasteiger partial charge in [0.05, 0.1) is 0 Å². The zero-order valence-corrected chi connectivity index (χ0v) is 8.52. The van der Waals surface area contributed by atoms with Gasteiger partial charge in [0.15, 0.2) is 0 Å². The molecule has 2 heteroatoms. The lowest BCUT2D eigenvalue weighted by Gasteiger charge is -2.34. The van der Waals surface area contributed by atoms with Gasteiger partial charge in [-0.15, -0.1) is 0 Å².